The molecule has 1 amide bonds. The molecule has 0 saturated carbocycles. The largest absolute Gasteiger partial charge is 0.459 e. The first kappa shape index (κ1) is 14.9. The molecular weight excluding hydrogens is 276 g/mol. The predicted molar refractivity (Wildman–Crippen MR) is 85.9 cm³/mol. The van der Waals surface area contributed by atoms with E-state index in [-0.39, 0.29) is 11.9 Å². The number of amides is 1. The summed E-state index contributed by atoms with van der Waals surface area (Å²) in [5.41, 5.74) is 3.37. The fraction of sp³-hybridized carbons (Fsp3) is 0.389. The summed E-state index contributed by atoms with van der Waals surface area (Å²) >= 11 is 0. The fourth-order valence-electron chi connectivity index (χ4n) is 2.94. The van der Waals surface area contributed by atoms with Crippen LogP contribution in [0.15, 0.2) is 41.0 Å². The number of rotatable bonds is 3. The molecule has 1 aromatic carbocycles. The van der Waals surface area contributed by atoms with Crippen LogP contribution in [0.4, 0.5) is 0 Å². The van der Waals surface area contributed by atoms with E-state index in [0.717, 1.165) is 25.1 Å². The normalized spacial score (nSPS) is 18.5. The molecule has 1 aliphatic rings. The Morgan fingerprint density at radius 1 is 1.32 bits per heavy atom. The monoisotopic (exact) mass is 298 g/mol. The Labute approximate surface area is 131 Å². The number of carbonyl (C=O) groups is 1. The average molecular weight is 298 g/mol. The highest BCUT2D eigenvalue weighted by Crippen LogP contribution is 2.25. The SMILES string of the molecule is CCc1ccc(C2CNCCN2C(=O)c2occc2C)cc1. The van der Waals surface area contributed by atoms with E-state index in [2.05, 4.69) is 36.5 Å². The van der Waals surface area contributed by atoms with Gasteiger partial charge in [0.25, 0.3) is 5.91 Å². The van der Waals surface area contributed by atoms with Crippen molar-refractivity contribution in [3.8, 4) is 0 Å². The van der Waals surface area contributed by atoms with Crippen LogP contribution in [-0.2, 0) is 6.42 Å². The molecule has 2 heterocycles. The van der Waals surface area contributed by atoms with Gasteiger partial charge >= 0.3 is 0 Å². The third-order valence-electron chi connectivity index (χ3n) is 4.33. The molecule has 1 fully saturated rings. The molecule has 0 bridgehead atoms. The van der Waals surface area contributed by atoms with Crippen molar-refractivity contribution in [3.05, 3.63) is 59.0 Å². The van der Waals surface area contributed by atoms with Crippen molar-refractivity contribution in [1.29, 1.82) is 0 Å². The molecule has 4 heteroatoms. The van der Waals surface area contributed by atoms with E-state index >= 15 is 0 Å². The Hall–Kier alpha value is -2.07. The van der Waals surface area contributed by atoms with E-state index in [1.165, 1.54) is 11.1 Å². The lowest BCUT2D eigenvalue weighted by Gasteiger charge is -2.36. The van der Waals surface area contributed by atoms with Crippen LogP contribution in [0.3, 0.4) is 0 Å². The van der Waals surface area contributed by atoms with E-state index in [4.69, 9.17) is 4.42 Å². The summed E-state index contributed by atoms with van der Waals surface area (Å²) in [6.45, 7) is 6.34. The lowest BCUT2D eigenvalue weighted by atomic mass is 10.0. The Morgan fingerprint density at radius 2 is 2.09 bits per heavy atom. The summed E-state index contributed by atoms with van der Waals surface area (Å²) in [7, 11) is 0. The van der Waals surface area contributed by atoms with Crippen molar-refractivity contribution < 1.29 is 9.21 Å². The minimum Gasteiger partial charge on any atom is -0.459 e. The Balaban J connectivity index is 1.87. The van der Waals surface area contributed by atoms with Crippen LogP contribution in [-0.4, -0.2) is 30.4 Å². The zero-order chi connectivity index (χ0) is 15.5. The molecule has 2 aromatic rings. The number of carbonyl (C=O) groups excluding carboxylic acids is 1. The highest BCUT2D eigenvalue weighted by molar-refractivity contribution is 5.93. The van der Waals surface area contributed by atoms with Gasteiger partial charge in [-0.25, -0.2) is 0 Å². The van der Waals surface area contributed by atoms with Gasteiger partial charge in [-0.05, 0) is 30.5 Å². The maximum atomic E-state index is 12.8. The minimum absolute atomic E-state index is 0.0198. The lowest BCUT2D eigenvalue weighted by Crippen LogP contribution is -2.48. The number of furan rings is 1. The lowest BCUT2D eigenvalue weighted by molar-refractivity contribution is 0.0600. The second kappa shape index (κ2) is 6.36. The molecule has 1 atom stereocenters. The van der Waals surface area contributed by atoms with Crippen molar-refractivity contribution in [2.24, 2.45) is 0 Å². The molecule has 1 saturated heterocycles. The number of hydrogen-bond acceptors (Lipinski definition) is 3. The summed E-state index contributed by atoms with van der Waals surface area (Å²) < 4.78 is 5.39. The smallest absolute Gasteiger partial charge is 0.290 e. The summed E-state index contributed by atoms with van der Waals surface area (Å²) in [5.74, 6) is 0.436. The van der Waals surface area contributed by atoms with E-state index < -0.39 is 0 Å². The summed E-state index contributed by atoms with van der Waals surface area (Å²) in [6, 6.07) is 10.4. The molecule has 0 aliphatic carbocycles. The van der Waals surface area contributed by atoms with Crippen LogP contribution in [0.25, 0.3) is 0 Å². The molecule has 1 aliphatic heterocycles. The van der Waals surface area contributed by atoms with Crippen molar-refractivity contribution in [2.45, 2.75) is 26.3 Å². The van der Waals surface area contributed by atoms with E-state index in [1.54, 1.807) is 6.26 Å². The standard InChI is InChI=1S/C18H22N2O2/c1-3-14-4-6-15(7-5-14)16-12-19-9-10-20(16)18(21)17-13(2)8-11-22-17/h4-8,11,16,19H,3,9-10,12H2,1-2H3. The predicted octanol–water partition coefficient (Wildman–Crippen LogP) is 2.94. The molecule has 0 radical (unpaired) electrons. The van der Waals surface area contributed by atoms with Crippen LogP contribution in [0, 0.1) is 6.92 Å². The van der Waals surface area contributed by atoms with Gasteiger partial charge in [0.15, 0.2) is 5.76 Å². The summed E-state index contributed by atoms with van der Waals surface area (Å²) in [6.07, 6.45) is 2.60. The van der Waals surface area contributed by atoms with Crippen molar-refractivity contribution in [3.63, 3.8) is 0 Å². The Bertz CT molecular complexity index is 645. The number of nitrogens with one attached hydrogen (secondary N) is 1. The fourth-order valence-corrected chi connectivity index (χ4v) is 2.94. The molecule has 1 aromatic heterocycles. The van der Waals surface area contributed by atoms with Crippen molar-refractivity contribution in [2.75, 3.05) is 19.6 Å². The summed E-state index contributed by atoms with van der Waals surface area (Å²) in [5, 5.41) is 3.38. The van der Waals surface area contributed by atoms with Crippen LogP contribution >= 0.6 is 0 Å². The van der Waals surface area contributed by atoms with Crippen molar-refractivity contribution >= 4 is 5.91 Å². The number of hydrogen-bond donors (Lipinski definition) is 1. The van der Waals surface area contributed by atoms with Gasteiger partial charge in [-0.3, -0.25) is 4.79 Å². The van der Waals surface area contributed by atoms with Crippen LogP contribution in [0.2, 0.25) is 0 Å². The zero-order valence-electron chi connectivity index (χ0n) is 13.1. The topological polar surface area (TPSA) is 45.5 Å². The molecule has 4 nitrogen and oxygen atoms in total. The van der Waals surface area contributed by atoms with Crippen LogP contribution < -0.4 is 5.32 Å². The number of piperazine rings is 1. The Kier molecular flexibility index (Phi) is 4.29. The quantitative estimate of drug-likeness (QED) is 0.947. The first-order valence-corrected chi connectivity index (χ1v) is 7.85. The number of aryl methyl sites for hydroxylation is 2. The molecule has 1 unspecified atom stereocenters. The molecular formula is C18H22N2O2. The Morgan fingerprint density at radius 3 is 2.73 bits per heavy atom. The summed E-state index contributed by atoms with van der Waals surface area (Å²) in [4.78, 5) is 14.7. The maximum absolute atomic E-state index is 12.8. The van der Waals surface area contributed by atoms with Gasteiger partial charge in [0.2, 0.25) is 0 Å². The van der Waals surface area contributed by atoms with Crippen LogP contribution in [0.5, 0.6) is 0 Å². The van der Waals surface area contributed by atoms with E-state index in [1.807, 2.05) is 17.9 Å². The maximum Gasteiger partial charge on any atom is 0.290 e. The van der Waals surface area contributed by atoms with E-state index in [9.17, 15) is 4.79 Å². The highest BCUT2D eigenvalue weighted by Gasteiger charge is 2.30. The van der Waals surface area contributed by atoms with Gasteiger partial charge < -0.3 is 14.6 Å². The van der Waals surface area contributed by atoms with E-state index in [0.29, 0.717) is 12.3 Å². The molecule has 116 valence electrons. The first-order valence-electron chi connectivity index (χ1n) is 7.85. The van der Waals surface area contributed by atoms with Crippen LogP contribution in [0.1, 0.15) is 40.2 Å². The van der Waals surface area contributed by atoms with Gasteiger partial charge in [-0.1, -0.05) is 31.2 Å². The number of benzene rings is 1. The zero-order valence-corrected chi connectivity index (χ0v) is 13.1. The molecule has 1 N–H and O–H groups in total. The second-order valence-electron chi connectivity index (χ2n) is 5.75. The van der Waals surface area contributed by atoms with Gasteiger partial charge in [-0.15, -0.1) is 0 Å². The van der Waals surface area contributed by atoms with Gasteiger partial charge in [0, 0.05) is 25.2 Å². The molecule has 0 spiro atoms. The highest BCUT2D eigenvalue weighted by atomic mass is 16.3. The average Bonchev–Trinajstić information content (AvgIpc) is 3.00. The third-order valence-corrected chi connectivity index (χ3v) is 4.33. The van der Waals surface area contributed by atoms with Gasteiger partial charge in [0.1, 0.15) is 0 Å². The first-order chi connectivity index (χ1) is 10.7. The molecule has 22 heavy (non-hydrogen) atoms. The second-order valence-corrected chi connectivity index (χ2v) is 5.75. The van der Waals surface area contributed by atoms with Gasteiger partial charge in [0.05, 0.1) is 12.3 Å². The molecule has 3 rings (SSSR count). The third kappa shape index (κ3) is 2.79. The van der Waals surface area contributed by atoms with Gasteiger partial charge in [-0.2, -0.15) is 0 Å². The minimum atomic E-state index is -0.0198. The number of nitrogens with zero attached hydrogens (tertiary/aromatic N) is 1. The van der Waals surface area contributed by atoms with Crippen molar-refractivity contribution in [1.82, 2.24) is 10.2 Å².